The third-order valence-corrected chi connectivity index (χ3v) is 11.2. The number of hydrogen-bond donors (Lipinski definition) is 0. The van der Waals surface area contributed by atoms with Gasteiger partial charge in [-0.3, -0.25) is 0 Å². The summed E-state index contributed by atoms with van der Waals surface area (Å²) in [5.41, 5.74) is 7.87. The van der Waals surface area contributed by atoms with Gasteiger partial charge in [0, 0.05) is 39.6 Å². The zero-order valence-electron chi connectivity index (χ0n) is 27.1. The van der Waals surface area contributed by atoms with Gasteiger partial charge in [0.25, 0.3) is 0 Å². The topological polar surface area (TPSA) is 6.48 Å². The number of anilines is 2. The van der Waals surface area contributed by atoms with Crippen LogP contribution in [0.15, 0.2) is 170 Å². The van der Waals surface area contributed by atoms with E-state index >= 15 is 0 Å². The van der Waals surface area contributed by atoms with Gasteiger partial charge in [-0.15, -0.1) is 0 Å². The molecule has 0 saturated heterocycles. The molecule has 0 heterocycles. The van der Waals surface area contributed by atoms with E-state index in [0.29, 0.717) is 0 Å². The van der Waals surface area contributed by atoms with E-state index in [1.165, 1.54) is 43.8 Å². The molecule has 0 fully saturated rings. The van der Waals surface area contributed by atoms with Gasteiger partial charge in [0.1, 0.15) is 6.15 Å². The van der Waals surface area contributed by atoms with Crippen LogP contribution in [0.4, 0.5) is 11.4 Å². The molecule has 0 spiro atoms. The first kappa shape index (κ1) is 31.8. The van der Waals surface area contributed by atoms with Gasteiger partial charge >= 0.3 is 0 Å². The van der Waals surface area contributed by atoms with Crippen molar-refractivity contribution >= 4 is 57.9 Å². The number of hydrogen-bond acceptors (Lipinski definition) is 2. The Morgan fingerprint density at radius 2 is 0.600 bits per heavy atom. The lowest BCUT2D eigenvalue weighted by Gasteiger charge is -2.44. The van der Waals surface area contributed by atoms with E-state index in [1.807, 2.05) is 0 Å². The average molecular weight is 607 g/mol. The van der Waals surface area contributed by atoms with E-state index < -0.39 is 14.1 Å². The minimum atomic E-state index is -1.22. The summed E-state index contributed by atoms with van der Waals surface area (Å²) in [6, 6.07) is 61.4. The Morgan fingerprint density at radius 1 is 0.356 bits per heavy atom. The molecule has 0 N–H and O–H groups in total. The molecule has 0 unspecified atom stereocenters. The maximum Gasteiger partial charge on any atom is 0.108 e. The quantitative estimate of drug-likeness (QED) is 0.163. The lowest BCUT2D eigenvalue weighted by Crippen LogP contribution is -2.74. The van der Waals surface area contributed by atoms with Crippen molar-refractivity contribution in [2.75, 3.05) is 44.7 Å². The highest BCUT2D eigenvalue weighted by atomic mass is 31.1. The minimum absolute atomic E-state index is 0.665. The largest absolute Gasteiger partial charge is 0.378 e. The smallest absolute Gasteiger partial charge is 0.108 e. The van der Waals surface area contributed by atoms with Crippen molar-refractivity contribution in [3.05, 3.63) is 170 Å². The Kier molecular flexibility index (Phi) is 10.6. The molecule has 6 aromatic carbocycles. The molecule has 0 aromatic heterocycles. The molecule has 2 nitrogen and oxygen atoms in total. The molecule has 6 aromatic rings. The summed E-state index contributed by atoms with van der Waals surface area (Å²) in [6.45, 7) is 2.36. The second-order valence-electron chi connectivity index (χ2n) is 12.0. The number of nitrogens with zero attached hydrogens (tertiary/aromatic N) is 2. The molecule has 0 aliphatic rings. The summed E-state index contributed by atoms with van der Waals surface area (Å²) < 4.78 is 0. The van der Waals surface area contributed by atoms with Gasteiger partial charge in [0.2, 0.25) is 0 Å². The zero-order valence-corrected chi connectivity index (χ0v) is 28.1. The van der Waals surface area contributed by atoms with Crippen LogP contribution < -0.4 is 42.3 Å². The highest BCUT2D eigenvalue weighted by Crippen LogP contribution is 2.30. The predicted molar refractivity (Wildman–Crippen MR) is 205 cm³/mol. The fourth-order valence-corrected chi connectivity index (χ4v) is 7.97. The highest BCUT2D eigenvalue weighted by molar-refractivity contribution is 7.72. The lowest BCUT2D eigenvalue weighted by atomic mass is 9.13. The Hall–Kier alpha value is -4.59. The molecule has 0 aliphatic heterocycles. The second kappa shape index (κ2) is 14.9. The van der Waals surface area contributed by atoms with E-state index in [1.54, 1.807) is 0 Å². The van der Waals surface area contributed by atoms with Gasteiger partial charge < -0.3 is 9.80 Å². The first-order valence-corrected chi connectivity index (χ1v) is 17.7. The molecule has 6 rings (SSSR count). The third-order valence-electron chi connectivity index (χ3n) is 8.83. The molecule has 0 amide bonds. The van der Waals surface area contributed by atoms with E-state index in [0.717, 1.165) is 0 Å². The molecule has 0 aliphatic carbocycles. The standard InChI is InChI=1S/C24H20B.C17H23N2P/c1-5-13-21(14-6-1)25(22-15-7-2-8-16-22,23-17-9-3-10-18-23)24-19-11-4-12-20-24;1-18(2)14-6-10-16(11-7-14)20(5)17-12-8-15(9-13-17)19(3)4/h1-20H;6-13H,1-5H3/q-1;/p+1. The second-order valence-corrected chi connectivity index (χ2v) is 14.4. The van der Waals surface area contributed by atoms with Crippen LogP contribution >= 0.6 is 7.92 Å². The van der Waals surface area contributed by atoms with Crippen LogP contribution in [0.1, 0.15) is 0 Å². The van der Waals surface area contributed by atoms with Crippen LogP contribution in [-0.2, 0) is 0 Å². The summed E-state index contributed by atoms with van der Waals surface area (Å²) in [5, 5.41) is 2.91. The minimum Gasteiger partial charge on any atom is -0.378 e. The summed E-state index contributed by atoms with van der Waals surface area (Å²) in [4.78, 5) is 4.27. The van der Waals surface area contributed by atoms with Crippen molar-refractivity contribution in [3.63, 3.8) is 0 Å². The van der Waals surface area contributed by atoms with Crippen molar-refractivity contribution in [1.82, 2.24) is 0 Å². The van der Waals surface area contributed by atoms with Crippen LogP contribution in [0.3, 0.4) is 0 Å². The maximum absolute atomic E-state index is 2.36. The Balaban J connectivity index is 0.000000183. The summed E-state index contributed by atoms with van der Waals surface area (Å²) >= 11 is 0. The van der Waals surface area contributed by atoms with Crippen molar-refractivity contribution in [3.8, 4) is 0 Å². The van der Waals surface area contributed by atoms with Crippen LogP contribution in [0.5, 0.6) is 0 Å². The van der Waals surface area contributed by atoms with Crippen LogP contribution in [0, 0.1) is 0 Å². The predicted octanol–water partition coefficient (Wildman–Crippen LogP) is 5.68. The summed E-state index contributed by atoms with van der Waals surface area (Å²) in [6.07, 6.45) is -1.22. The number of rotatable bonds is 8. The molecule has 0 bridgehead atoms. The average Bonchev–Trinajstić information content (AvgIpc) is 3.10. The van der Waals surface area contributed by atoms with E-state index in [-0.39, 0.29) is 0 Å². The SMILES string of the molecule is CN(C)c1ccc([PH+](C)c2ccc(N(C)C)cc2)cc1.c1ccc([B-](c2ccccc2)(c2ccccc2)c2ccccc2)cc1. The summed E-state index contributed by atoms with van der Waals surface area (Å²) in [7, 11) is 7.64. The van der Waals surface area contributed by atoms with Crippen LogP contribution in [-0.4, -0.2) is 41.0 Å². The molecule has 4 heteroatoms. The highest BCUT2D eigenvalue weighted by Gasteiger charge is 2.31. The molecule has 0 radical (unpaired) electrons. The fourth-order valence-electron chi connectivity index (χ4n) is 6.31. The zero-order chi connectivity index (χ0) is 31.6. The molecule has 226 valence electrons. The van der Waals surface area contributed by atoms with Crippen LogP contribution in [0.2, 0.25) is 0 Å². The Bertz CT molecular complexity index is 1510. The third kappa shape index (κ3) is 7.22. The Labute approximate surface area is 271 Å². The van der Waals surface area contributed by atoms with Crippen molar-refractivity contribution in [1.29, 1.82) is 0 Å². The van der Waals surface area contributed by atoms with Crippen molar-refractivity contribution in [2.24, 2.45) is 0 Å². The molecular formula is C41H44BN2P. The maximum atomic E-state index is 2.36. The first-order valence-electron chi connectivity index (χ1n) is 15.7. The molecule has 0 atom stereocenters. The molecular weight excluding hydrogens is 562 g/mol. The number of benzene rings is 6. The van der Waals surface area contributed by atoms with Gasteiger partial charge in [-0.1, -0.05) is 121 Å². The van der Waals surface area contributed by atoms with E-state index in [2.05, 4.69) is 215 Å². The van der Waals surface area contributed by atoms with Gasteiger partial charge in [-0.25, -0.2) is 0 Å². The first-order chi connectivity index (χ1) is 21.9. The molecule has 45 heavy (non-hydrogen) atoms. The Morgan fingerprint density at radius 3 is 0.822 bits per heavy atom. The van der Waals surface area contributed by atoms with E-state index in [9.17, 15) is 0 Å². The lowest BCUT2D eigenvalue weighted by molar-refractivity contribution is 1.13. The van der Waals surface area contributed by atoms with Gasteiger partial charge in [0.15, 0.2) is 0 Å². The van der Waals surface area contributed by atoms with Gasteiger partial charge in [-0.2, -0.15) is 21.9 Å². The fraction of sp³-hybridized carbons (Fsp3) is 0.122. The normalized spacial score (nSPS) is 11.0. The summed E-state index contributed by atoms with van der Waals surface area (Å²) in [5.74, 6) is 0. The van der Waals surface area contributed by atoms with Crippen LogP contribution in [0.25, 0.3) is 0 Å². The van der Waals surface area contributed by atoms with Crippen molar-refractivity contribution in [2.45, 2.75) is 0 Å². The monoisotopic (exact) mass is 606 g/mol. The van der Waals surface area contributed by atoms with Gasteiger partial charge in [0.05, 0.1) is 25.2 Å². The molecule has 0 saturated carbocycles. The van der Waals surface area contributed by atoms with Crippen molar-refractivity contribution < 1.29 is 0 Å². The van der Waals surface area contributed by atoms with E-state index in [4.69, 9.17) is 0 Å². The van der Waals surface area contributed by atoms with Gasteiger partial charge in [-0.05, 0) is 48.5 Å².